The average Bonchev–Trinajstić information content (AvgIpc) is 2.15. The number of aryl methyl sites for hydroxylation is 2. The molecule has 1 N–H and O–H groups in total. The van der Waals surface area contributed by atoms with Crippen molar-refractivity contribution in [3.63, 3.8) is 0 Å². The fourth-order valence-electron chi connectivity index (χ4n) is 1.78. The largest absolute Gasteiger partial charge is 0.502 e. The van der Waals surface area contributed by atoms with Crippen molar-refractivity contribution in [2.24, 2.45) is 0 Å². The fourth-order valence-corrected chi connectivity index (χ4v) is 1.78. The van der Waals surface area contributed by atoms with E-state index in [1.807, 2.05) is 13.0 Å². The van der Waals surface area contributed by atoms with E-state index in [1.54, 1.807) is 13.0 Å². The van der Waals surface area contributed by atoms with Crippen LogP contribution < -0.4 is 0 Å². The second-order valence-corrected chi connectivity index (χ2v) is 3.67. The molecule has 0 spiro atoms. The molecule has 1 aromatic carbocycles. The van der Waals surface area contributed by atoms with E-state index in [1.165, 1.54) is 6.07 Å². The number of aromatic nitrogens is 1. The van der Waals surface area contributed by atoms with E-state index >= 15 is 0 Å². The Morgan fingerprint density at radius 2 is 2.06 bits per heavy atom. The highest BCUT2D eigenvalue weighted by atomic mass is 16.6. The van der Waals surface area contributed by atoms with Crippen molar-refractivity contribution in [2.75, 3.05) is 0 Å². The fraction of sp³-hybridized carbons (Fsp3) is 0.182. The average molecular weight is 218 g/mol. The molecule has 0 atom stereocenters. The molecule has 0 amide bonds. The number of aromatic hydroxyl groups is 1. The van der Waals surface area contributed by atoms with E-state index in [9.17, 15) is 15.2 Å². The predicted octanol–water partition coefficient (Wildman–Crippen LogP) is 2.47. The van der Waals surface area contributed by atoms with Crippen molar-refractivity contribution in [3.05, 3.63) is 39.6 Å². The number of nitrogens with zero attached hydrogens (tertiary/aromatic N) is 2. The molecule has 0 saturated heterocycles. The summed E-state index contributed by atoms with van der Waals surface area (Å²) in [5, 5.41) is 21.0. The summed E-state index contributed by atoms with van der Waals surface area (Å²) in [4.78, 5) is 14.4. The standard InChI is InChI=1S/C11H10N2O3/c1-6-5-7(2)12-10-8(6)3-4-9(14)11(10)13(15)16/h3-5,14H,1-2H3. The first-order chi connectivity index (χ1) is 7.50. The first-order valence-electron chi connectivity index (χ1n) is 4.75. The number of hydrogen-bond donors (Lipinski definition) is 1. The molecule has 1 heterocycles. The van der Waals surface area contributed by atoms with E-state index in [4.69, 9.17) is 0 Å². The predicted molar refractivity (Wildman–Crippen MR) is 59.5 cm³/mol. The molecule has 0 aliphatic carbocycles. The highest BCUT2D eigenvalue weighted by Crippen LogP contribution is 2.34. The van der Waals surface area contributed by atoms with Crippen LogP contribution in [0.3, 0.4) is 0 Å². The minimum absolute atomic E-state index is 0.238. The number of rotatable bonds is 1. The molecular formula is C11H10N2O3. The Morgan fingerprint density at radius 3 is 2.69 bits per heavy atom. The Labute approximate surface area is 91.5 Å². The van der Waals surface area contributed by atoms with Gasteiger partial charge in [-0.1, -0.05) is 0 Å². The van der Waals surface area contributed by atoms with Gasteiger partial charge < -0.3 is 5.11 Å². The molecule has 0 bridgehead atoms. The molecule has 0 aliphatic rings. The Kier molecular flexibility index (Phi) is 2.23. The summed E-state index contributed by atoms with van der Waals surface area (Å²) >= 11 is 0. The number of nitro groups is 1. The summed E-state index contributed by atoms with van der Waals surface area (Å²) in [7, 11) is 0. The minimum Gasteiger partial charge on any atom is -0.502 e. The number of fused-ring (bicyclic) bond motifs is 1. The van der Waals surface area contributed by atoms with Crippen LogP contribution in [-0.4, -0.2) is 15.0 Å². The van der Waals surface area contributed by atoms with Gasteiger partial charge in [0.1, 0.15) is 0 Å². The van der Waals surface area contributed by atoms with Gasteiger partial charge >= 0.3 is 5.69 Å². The summed E-state index contributed by atoms with van der Waals surface area (Å²) < 4.78 is 0. The molecule has 0 unspecified atom stereocenters. The zero-order valence-electron chi connectivity index (χ0n) is 8.89. The van der Waals surface area contributed by atoms with Crippen molar-refractivity contribution < 1.29 is 10.0 Å². The molecule has 82 valence electrons. The molecule has 5 nitrogen and oxygen atoms in total. The smallest absolute Gasteiger partial charge is 0.336 e. The van der Waals surface area contributed by atoms with Gasteiger partial charge in [-0.3, -0.25) is 10.1 Å². The second-order valence-electron chi connectivity index (χ2n) is 3.67. The molecule has 0 saturated carbocycles. The third-order valence-electron chi connectivity index (χ3n) is 2.45. The normalized spacial score (nSPS) is 10.6. The minimum atomic E-state index is -0.608. The quantitative estimate of drug-likeness (QED) is 0.589. The van der Waals surface area contributed by atoms with Crippen LogP contribution in [-0.2, 0) is 0 Å². The van der Waals surface area contributed by atoms with Gasteiger partial charge in [-0.2, -0.15) is 0 Å². The van der Waals surface area contributed by atoms with Crippen LogP contribution in [0, 0.1) is 24.0 Å². The van der Waals surface area contributed by atoms with Crippen LogP contribution in [0.25, 0.3) is 10.9 Å². The molecule has 0 fully saturated rings. The lowest BCUT2D eigenvalue weighted by atomic mass is 10.1. The van der Waals surface area contributed by atoms with Crippen molar-refractivity contribution in [3.8, 4) is 5.75 Å². The van der Waals surface area contributed by atoms with Crippen LogP contribution in [0.2, 0.25) is 0 Å². The topological polar surface area (TPSA) is 76.3 Å². The van der Waals surface area contributed by atoms with Gasteiger partial charge in [0.15, 0.2) is 11.3 Å². The number of hydrogen-bond acceptors (Lipinski definition) is 4. The van der Waals surface area contributed by atoms with Gasteiger partial charge in [-0.25, -0.2) is 4.98 Å². The number of nitro benzene ring substituents is 1. The molecule has 2 rings (SSSR count). The zero-order chi connectivity index (χ0) is 11.9. The molecule has 0 aliphatic heterocycles. The Balaban J connectivity index is 2.97. The summed E-state index contributed by atoms with van der Waals surface area (Å²) in [5.41, 5.74) is 1.51. The van der Waals surface area contributed by atoms with E-state index in [0.717, 1.165) is 5.56 Å². The molecule has 16 heavy (non-hydrogen) atoms. The van der Waals surface area contributed by atoms with E-state index in [0.29, 0.717) is 11.1 Å². The van der Waals surface area contributed by atoms with Gasteiger partial charge in [0, 0.05) is 11.1 Å². The summed E-state index contributed by atoms with van der Waals surface area (Å²) in [6, 6.07) is 4.81. The van der Waals surface area contributed by atoms with Crippen molar-refractivity contribution >= 4 is 16.6 Å². The lowest BCUT2D eigenvalue weighted by Crippen LogP contribution is -1.95. The SMILES string of the molecule is Cc1cc(C)c2ccc(O)c([N+](=O)[O-])c2n1. The maximum atomic E-state index is 10.9. The molecule has 1 aromatic heterocycles. The Hall–Kier alpha value is -2.17. The second kappa shape index (κ2) is 3.44. The number of benzene rings is 1. The third kappa shape index (κ3) is 1.46. The monoisotopic (exact) mass is 218 g/mol. The number of phenolic OH excluding ortho intramolecular Hbond substituents is 1. The number of phenols is 1. The van der Waals surface area contributed by atoms with Gasteiger partial charge in [-0.05, 0) is 37.6 Å². The van der Waals surface area contributed by atoms with Gasteiger partial charge in [0.2, 0.25) is 0 Å². The molecular weight excluding hydrogens is 208 g/mol. The Morgan fingerprint density at radius 1 is 1.38 bits per heavy atom. The Bertz CT molecular complexity index is 593. The highest BCUT2D eigenvalue weighted by molar-refractivity contribution is 5.92. The maximum Gasteiger partial charge on any atom is 0.336 e. The van der Waals surface area contributed by atoms with Crippen molar-refractivity contribution in [1.29, 1.82) is 0 Å². The third-order valence-corrected chi connectivity index (χ3v) is 2.45. The first-order valence-corrected chi connectivity index (χ1v) is 4.75. The van der Waals surface area contributed by atoms with Gasteiger partial charge in [-0.15, -0.1) is 0 Å². The summed E-state index contributed by atoms with van der Waals surface area (Å²) in [6.07, 6.45) is 0. The van der Waals surface area contributed by atoms with Crippen molar-refractivity contribution in [1.82, 2.24) is 4.98 Å². The summed E-state index contributed by atoms with van der Waals surface area (Å²) in [6.45, 7) is 3.62. The lowest BCUT2D eigenvalue weighted by Gasteiger charge is -2.05. The zero-order valence-corrected chi connectivity index (χ0v) is 8.89. The first kappa shape index (κ1) is 10.4. The van der Waals surface area contributed by atoms with Crippen LogP contribution in [0.1, 0.15) is 11.3 Å². The van der Waals surface area contributed by atoms with Crippen LogP contribution >= 0.6 is 0 Å². The van der Waals surface area contributed by atoms with E-state index in [2.05, 4.69) is 4.98 Å². The van der Waals surface area contributed by atoms with Crippen LogP contribution in [0.15, 0.2) is 18.2 Å². The molecule has 5 heteroatoms. The van der Waals surface area contributed by atoms with Crippen LogP contribution in [0.5, 0.6) is 5.75 Å². The summed E-state index contributed by atoms with van der Waals surface area (Å²) in [5.74, 6) is -0.352. The molecule has 2 aromatic rings. The van der Waals surface area contributed by atoms with E-state index in [-0.39, 0.29) is 17.0 Å². The van der Waals surface area contributed by atoms with Gasteiger partial charge in [0.05, 0.1) is 4.92 Å². The lowest BCUT2D eigenvalue weighted by molar-refractivity contribution is -0.384. The maximum absolute atomic E-state index is 10.9. The number of pyridine rings is 1. The van der Waals surface area contributed by atoms with Crippen molar-refractivity contribution in [2.45, 2.75) is 13.8 Å². The highest BCUT2D eigenvalue weighted by Gasteiger charge is 2.20. The van der Waals surface area contributed by atoms with Gasteiger partial charge in [0.25, 0.3) is 0 Å². The van der Waals surface area contributed by atoms with E-state index < -0.39 is 4.92 Å². The van der Waals surface area contributed by atoms with Crippen LogP contribution in [0.4, 0.5) is 5.69 Å². The molecule has 0 radical (unpaired) electrons.